The number of nitrogens with two attached hydrogens (primary N) is 1. The lowest BCUT2D eigenvalue weighted by Gasteiger charge is -2.34. The Morgan fingerprint density at radius 3 is 2.72 bits per heavy atom. The van der Waals surface area contributed by atoms with Crippen LogP contribution >= 0.6 is 11.3 Å². The summed E-state index contributed by atoms with van der Waals surface area (Å²) in [6.07, 6.45) is 5.09. The molecule has 0 aromatic carbocycles. The van der Waals surface area contributed by atoms with E-state index in [-0.39, 0.29) is 6.04 Å². The Balaban J connectivity index is 2.12. The van der Waals surface area contributed by atoms with E-state index in [1.165, 1.54) is 37.2 Å². The zero-order chi connectivity index (χ0) is 13.0. The van der Waals surface area contributed by atoms with Crippen LogP contribution < -0.4 is 5.73 Å². The van der Waals surface area contributed by atoms with Crippen molar-refractivity contribution in [3.63, 3.8) is 0 Å². The molecular formula is C15H26N2S. The monoisotopic (exact) mass is 266 g/mol. The minimum absolute atomic E-state index is 0.258. The molecule has 0 bridgehead atoms. The first kappa shape index (κ1) is 14.0. The Hall–Kier alpha value is -0.380. The smallest absolute Gasteiger partial charge is 0.0593 e. The Morgan fingerprint density at radius 1 is 1.44 bits per heavy atom. The van der Waals surface area contributed by atoms with Crippen LogP contribution in [0.5, 0.6) is 0 Å². The van der Waals surface area contributed by atoms with Gasteiger partial charge >= 0.3 is 0 Å². The second kappa shape index (κ2) is 6.69. The second-order valence-corrected chi connectivity index (χ2v) is 6.45. The van der Waals surface area contributed by atoms with Gasteiger partial charge in [-0.3, -0.25) is 4.90 Å². The molecule has 3 heteroatoms. The molecule has 0 amide bonds. The minimum atomic E-state index is 0.258. The normalized spacial score (nSPS) is 19.1. The van der Waals surface area contributed by atoms with Gasteiger partial charge in [-0.1, -0.05) is 19.9 Å². The lowest BCUT2D eigenvalue weighted by atomic mass is 10.0. The van der Waals surface area contributed by atoms with Gasteiger partial charge in [0.2, 0.25) is 0 Å². The van der Waals surface area contributed by atoms with Gasteiger partial charge in [0.25, 0.3) is 0 Å². The standard InChI is InChI=1S/C15H26N2S/c1-3-9-17(11-12-7-8-12)15(13(16)4-2)14-6-5-10-18-14/h5-6,10,12-13,15H,3-4,7-9,11,16H2,1-2H3. The quantitative estimate of drug-likeness (QED) is 0.778. The first-order valence-corrected chi connectivity index (χ1v) is 8.17. The van der Waals surface area contributed by atoms with E-state index in [0.29, 0.717) is 6.04 Å². The van der Waals surface area contributed by atoms with Crippen LogP contribution in [-0.4, -0.2) is 24.0 Å². The maximum absolute atomic E-state index is 6.40. The summed E-state index contributed by atoms with van der Waals surface area (Å²) in [6, 6.07) is 5.08. The average molecular weight is 266 g/mol. The maximum atomic E-state index is 6.40. The fourth-order valence-corrected chi connectivity index (χ4v) is 3.54. The number of thiophene rings is 1. The maximum Gasteiger partial charge on any atom is 0.0593 e. The fraction of sp³-hybridized carbons (Fsp3) is 0.733. The zero-order valence-electron chi connectivity index (χ0n) is 11.6. The first-order chi connectivity index (χ1) is 8.76. The molecule has 1 saturated carbocycles. The lowest BCUT2D eigenvalue weighted by Crippen LogP contribution is -2.41. The molecule has 2 N–H and O–H groups in total. The van der Waals surface area contributed by atoms with Crippen LogP contribution in [0, 0.1) is 5.92 Å². The summed E-state index contributed by atoms with van der Waals surface area (Å²) in [5.41, 5.74) is 6.40. The highest BCUT2D eigenvalue weighted by molar-refractivity contribution is 7.10. The highest BCUT2D eigenvalue weighted by Gasteiger charge is 2.31. The summed E-state index contributed by atoms with van der Waals surface area (Å²) in [4.78, 5) is 4.08. The molecule has 18 heavy (non-hydrogen) atoms. The fourth-order valence-electron chi connectivity index (χ4n) is 2.61. The van der Waals surface area contributed by atoms with Gasteiger partial charge in [0, 0.05) is 17.5 Å². The van der Waals surface area contributed by atoms with Gasteiger partial charge in [0.05, 0.1) is 6.04 Å². The highest BCUT2D eigenvalue weighted by atomic mass is 32.1. The van der Waals surface area contributed by atoms with Crippen molar-refractivity contribution in [2.75, 3.05) is 13.1 Å². The van der Waals surface area contributed by atoms with Crippen LogP contribution in [0.15, 0.2) is 17.5 Å². The number of hydrogen-bond acceptors (Lipinski definition) is 3. The van der Waals surface area contributed by atoms with Gasteiger partial charge in [0.15, 0.2) is 0 Å². The first-order valence-electron chi connectivity index (χ1n) is 7.29. The van der Waals surface area contributed by atoms with E-state index in [1.54, 1.807) is 0 Å². The Bertz CT molecular complexity index is 332. The van der Waals surface area contributed by atoms with Gasteiger partial charge in [-0.2, -0.15) is 0 Å². The van der Waals surface area contributed by atoms with Crippen LogP contribution in [0.3, 0.4) is 0 Å². The Morgan fingerprint density at radius 2 is 2.22 bits per heavy atom. The molecule has 2 nitrogen and oxygen atoms in total. The van der Waals surface area contributed by atoms with Crippen molar-refractivity contribution in [3.8, 4) is 0 Å². The van der Waals surface area contributed by atoms with Crippen molar-refractivity contribution in [1.29, 1.82) is 0 Å². The Labute approximate surface area is 115 Å². The van der Waals surface area contributed by atoms with E-state index < -0.39 is 0 Å². The van der Waals surface area contributed by atoms with Crippen molar-refractivity contribution in [1.82, 2.24) is 4.90 Å². The van der Waals surface area contributed by atoms with Crippen molar-refractivity contribution in [3.05, 3.63) is 22.4 Å². The molecule has 0 saturated heterocycles. The largest absolute Gasteiger partial charge is 0.326 e. The summed E-state index contributed by atoms with van der Waals surface area (Å²) in [5.74, 6) is 0.933. The third-order valence-corrected chi connectivity index (χ3v) is 4.75. The number of hydrogen-bond donors (Lipinski definition) is 1. The number of nitrogens with zero attached hydrogens (tertiary/aromatic N) is 1. The summed E-state index contributed by atoms with van der Waals surface area (Å²) in [6.45, 7) is 6.88. The summed E-state index contributed by atoms with van der Waals surface area (Å²) in [7, 11) is 0. The van der Waals surface area contributed by atoms with Crippen molar-refractivity contribution in [2.45, 2.75) is 51.6 Å². The van der Waals surface area contributed by atoms with Gasteiger partial charge in [0.1, 0.15) is 0 Å². The van der Waals surface area contributed by atoms with Crippen LogP contribution in [-0.2, 0) is 0 Å². The van der Waals surface area contributed by atoms with Gasteiger partial charge < -0.3 is 5.73 Å². The van der Waals surface area contributed by atoms with Crippen LogP contribution in [0.25, 0.3) is 0 Å². The summed E-state index contributed by atoms with van der Waals surface area (Å²) in [5, 5.41) is 2.17. The molecule has 1 aliphatic rings. The molecule has 2 rings (SSSR count). The third-order valence-electron chi connectivity index (χ3n) is 3.81. The molecule has 1 aromatic rings. The predicted octanol–water partition coefficient (Wildman–Crippen LogP) is 3.65. The van der Waals surface area contributed by atoms with Gasteiger partial charge in [-0.15, -0.1) is 11.3 Å². The number of rotatable bonds is 8. The van der Waals surface area contributed by atoms with Crippen molar-refractivity contribution in [2.24, 2.45) is 11.7 Å². The topological polar surface area (TPSA) is 29.3 Å². The van der Waals surface area contributed by atoms with Crippen molar-refractivity contribution >= 4 is 11.3 Å². The molecule has 2 unspecified atom stereocenters. The summed E-state index contributed by atoms with van der Waals surface area (Å²) >= 11 is 1.85. The van der Waals surface area contributed by atoms with E-state index >= 15 is 0 Å². The molecule has 1 aliphatic carbocycles. The molecule has 0 radical (unpaired) electrons. The Kier molecular flexibility index (Phi) is 5.22. The van der Waals surface area contributed by atoms with Crippen LogP contribution in [0.2, 0.25) is 0 Å². The van der Waals surface area contributed by atoms with E-state index in [0.717, 1.165) is 12.3 Å². The SMILES string of the molecule is CCCN(CC1CC1)C(c1cccs1)C(N)CC. The molecular weight excluding hydrogens is 240 g/mol. The molecule has 2 atom stereocenters. The molecule has 0 aliphatic heterocycles. The molecule has 0 spiro atoms. The van der Waals surface area contributed by atoms with E-state index in [2.05, 4.69) is 36.3 Å². The highest BCUT2D eigenvalue weighted by Crippen LogP contribution is 2.35. The molecule has 102 valence electrons. The van der Waals surface area contributed by atoms with E-state index in [4.69, 9.17) is 5.73 Å². The lowest BCUT2D eigenvalue weighted by molar-refractivity contribution is 0.164. The predicted molar refractivity (Wildman–Crippen MR) is 79.9 cm³/mol. The average Bonchev–Trinajstić information content (AvgIpc) is 3.02. The van der Waals surface area contributed by atoms with E-state index in [9.17, 15) is 0 Å². The minimum Gasteiger partial charge on any atom is -0.326 e. The van der Waals surface area contributed by atoms with Crippen LogP contribution in [0.4, 0.5) is 0 Å². The molecule has 1 fully saturated rings. The van der Waals surface area contributed by atoms with E-state index in [1.807, 2.05) is 11.3 Å². The zero-order valence-corrected chi connectivity index (χ0v) is 12.5. The van der Waals surface area contributed by atoms with Gasteiger partial charge in [-0.05, 0) is 49.6 Å². The summed E-state index contributed by atoms with van der Waals surface area (Å²) < 4.78 is 0. The molecule has 1 heterocycles. The second-order valence-electron chi connectivity index (χ2n) is 5.47. The van der Waals surface area contributed by atoms with Gasteiger partial charge in [-0.25, -0.2) is 0 Å². The van der Waals surface area contributed by atoms with Crippen molar-refractivity contribution < 1.29 is 0 Å². The third kappa shape index (κ3) is 3.56. The molecule has 1 aromatic heterocycles. The van der Waals surface area contributed by atoms with Crippen LogP contribution in [0.1, 0.15) is 50.4 Å².